The van der Waals surface area contributed by atoms with Crippen LogP contribution in [0.1, 0.15) is 31.2 Å². The standard InChI is InChI=1S/C22H19N3O8S/c1-4-32-21(28)17-11(2)23-22-24(18(17)14-6-5-7-33-14)20(27)16(34-22)10-12-8-13(25(29)30)19(26)15(9-12)31-3/h5-10,18,26H,4H2,1-3H3/b16-10+. The number of phenols is 1. The third-order valence-electron chi connectivity index (χ3n) is 5.12. The Hall–Kier alpha value is -4.19. The minimum atomic E-state index is -0.892. The molecule has 4 rings (SSSR count). The van der Waals surface area contributed by atoms with E-state index in [1.54, 1.807) is 26.0 Å². The average Bonchev–Trinajstić information content (AvgIpc) is 3.42. The van der Waals surface area contributed by atoms with Crippen molar-refractivity contribution in [3.05, 3.63) is 82.9 Å². The molecule has 1 aromatic carbocycles. The van der Waals surface area contributed by atoms with E-state index in [2.05, 4.69) is 4.99 Å². The third kappa shape index (κ3) is 3.88. The molecular weight excluding hydrogens is 466 g/mol. The zero-order valence-electron chi connectivity index (χ0n) is 18.3. The molecule has 0 bridgehead atoms. The summed E-state index contributed by atoms with van der Waals surface area (Å²) < 4.78 is 17.3. The highest BCUT2D eigenvalue weighted by molar-refractivity contribution is 7.07. The highest BCUT2D eigenvalue weighted by Gasteiger charge is 2.35. The molecule has 1 aliphatic rings. The molecule has 11 nitrogen and oxygen atoms in total. The van der Waals surface area contributed by atoms with E-state index >= 15 is 0 Å². The van der Waals surface area contributed by atoms with Crippen molar-refractivity contribution in [1.29, 1.82) is 0 Å². The van der Waals surface area contributed by atoms with Crippen LogP contribution in [-0.4, -0.2) is 34.3 Å². The minimum Gasteiger partial charge on any atom is -0.500 e. The van der Waals surface area contributed by atoms with Gasteiger partial charge in [0.1, 0.15) is 11.8 Å². The van der Waals surface area contributed by atoms with E-state index in [-0.39, 0.29) is 28.0 Å². The second kappa shape index (κ2) is 8.98. The molecule has 1 N–H and O–H groups in total. The first-order valence-corrected chi connectivity index (χ1v) is 10.9. The van der Waals surface area contributed by atoms with Crippen molar-refractivity contribution in [3.8, 4) is 11.5 Å². The molecule has 0 amide bonds. The van der Waals surface area contributed by atoms with Gasteiger partial charge in [-0.05, 0) is 43.7 Å². The molecule has 1 unspecified atom stereocenters. The minimum absolute atomic E-state index is 0.109. The Kier molecular flexibility index (Phi) is 6.07. The Bertz CT molecular complexity index is 1500. The van der Waals surface area contributed by atoms with Crippen LogP contribution in [0.3, 0.4) is 0 Å². The van der Waals surface area contributed by atoms with Crippen molar-refractivity contribution in [2.24, 2.45) is 4.99 Å². The Labute approximate surface area is 195 Å². The van der Waals surface area contributed by atoms with Crippen LogP contribution in [0.2, 0.25) is 0 Å². The normalized spacial score (nSPS) is 15.6. The second-order valence-electron chi connectivity index (χ2n) is 7.17. The van der Waals surface area contributed by atoms with Gasteiger partial charge in [0, 0.05) is 6.07 Å². The van der Waals surface area contributed by atoms with E-state index in [1.807, 2.05) is 0 Å². The molecule has 0 fully saturated rings. The molecule has 0 aliphatic carbocycles. The number of esters is 1. The molecular formula is C22H19N3O8S. The predicted molar refractivity (Wildman–Crippen MR) is 120 cm³/mol. The van der Waals surface area contributed by atoms with Gasteiger partial charge in [0.25, 0.3) is 5.56 Å². The van der Waals surface area contributed by atoms with E-state index in [0.717, 1.165) is 17.4 Å². The van der Waals surface area contributed by atoms with Crippen molar-refractivity contribution in [1.82, 2.24) is 4.57 Å². The second-order valence-corrected chi connectivity index (χ2v) is 8.17. The number of rotatable bonds is 6. The van der Waals surface area contributed by atoms with E-state index in [1.165, 1.54) is 30.1 Å². The number of thiazole rings is 1. The van der Waals surface area contributed by atoms with Crippen LogP contribution in [-0.2, 0) is 9.53 Å². The molecule has 12 heteroatoms. The fourth-order valence-corrected chi connectivity index (χ4v) is 4.70. The van der Waals surface area contributed by atoms with E-state index in [9.17, 15) is 24.8 Å². The summed E-state index contributed by atoms with van der Waals surface area (Å²) in [7, 11) is 1.26. The largest absolute Gasteiger partial charge is 0.500 e. The molecule has 176 valence electrons. The van der Waals surface area contributed by atoms with Gasteiger partial charge < -0.3 is 19.0 Å². The van der Waals surface area contributed by atoms with Gasteiger partial charge in [-0.2, -0.15) is 0 Å². The summed E-state index contributed by atoms with van der Waals surface area (Å²) in [6, 6.07) is 4.91. The number of allylic oxidation sites excluding steroid dienone is 1. The topological polar surface area (TPSA) is 146 Å². The zero-order chi connectivity index (χ0) is 24.6. The maximum absolute atomic E-state index is 13.4. The van der Waals surface area contributed by atoms with Crippen LogP contribution in [0.4, 0.5) is 5.69 Å². The number of carbonyl (C=O) groups is 1. The van der Waals surface area contributed by atoms with Crippen molar-refractivity contribution < 1.29 is 28.7 Å². The monoisotopic (exact) mass is 485 g/mol. The molecule has 0 saturated carbocycles. The number of nitro benzene ring substituents is 1. The van der Waals surface area contributed by atoms with Gasteiger partial charge in [0.05, 0.1) is 40.7 Å². The van der Waals surface area contributed by atoms with Crippen LogP contribution in [0.25, 0.3) is 6.08 Å². The summed E-state index contributed by atoms with van der Waals surface area (Å²) in [6.45, 7) is 3.47. The maximum atomic E-state index is 13.4. The molecule has 2 aromatic heterocycles. The van der Waals surface area contributed by atoms with Gasteiger partial charge in [-0.3, -0.25) is 19.5 Å². The lowest BCUT2D eigenvalue weighted by molar-refractivity contribution is -0.386. The maximum Gasteiger partial charge on any atom is 0.338 e. The number of carbonyl (C=O) groups excluding carboxylic acids is 1. The number of aromatic hydroxyl groups is 1. The first-order chi connectivity index (χ1) is 16.3. The Balaban J connectivity index is 1.94. The van der Waals surface area contributed by atoms with Gasteiger partial charge in [0.2, 0.25) is 5.75 Å². The SMILES string of the molecule is CCOC(=O)C1=C(C)N=c2s/c(=C/c3cc(OC)c(O)c([N+](=O)[O-])c3)c(=O)n2C1c1ccco1. The number of benzene rings is 1. The number of hydrogen-bond acceptors (Lipinski definition) is 10. The molecule has 0 saturated heterocycles. The summed E-state index contributed by atoms with van der Waals surface area (Å²) >= 11 is 1.05. The molecule has 1 atom stereocenters. The van der Waals surface area contributed by atoms with Crippen LogP contribution >= 0.6 is 11.3 Å². The smallest absolute Gasteiger partial charge is 0.338 e. The number of methoxy groups -OCH3 is 1. The van der Waals surface area contributed by atoms with Crippen LogP contribution in [0.15, 0.2) is 56.0 Å². The predicted octanol–water partition coefficient (Wildman–Crippen LogP) is 2.01. The summed E-state index contributed by atoms with van der Waals surface area (Å²) in [6.07, 6.45) is 2.87. The number of nitrogens with zero attached hydrogens (tertiary/aromatic N) is 3. The summed E-state index contributed by atoms with van der Waals surface area (Å²) in [5.41, 5.74) is -0.212. The molecule has 34 heavy (non-hydrogen) atoms. The lowest BCUT2D eigenvalue weighted by Gasteiger charge is -2.22. The van der Waals surface area contributed by atoms with Gasteiger partial charge in [-0.1, -0.05) is 11.3 Å². The first-order valence-electron chi connectivity index (χ1n) is 10.0. The number of furan rings is 1. The highest BCUT2D eigenvalue weighted by Crippen LogP contribution is 2.37. The highest BCUT2D eigenvalue weighted by atomic mass is 32.1. The van der Waals surface area contributed by atoms with Crippen LogP contribution < -0.4 is 19.6 Å². The molecule has 0 radical (unpaired) electrons. The van der Waals surface area contributed by atoms with E-state index in [4.69, 9.17) is 13.9 Å². The number of ether oxygens (including phenoxy) is 2. The first kappa shape index (κ1) is 23.0. The van der Waals surface area contributed by atoms with Gasteiger partial charge >= 0.3 is 11.7 Å². The quantitative estimate of drug-likeness (QED) is 0.317. The Morgan fingerprint density at radius 2 is 2.21 bits per heavy atom. The number of phenolic OH excluding ortho intramolecular Hbond substituents is 1. The fraction of sp³-hybridized carbons (Fsp3) is 0.227. The number of aromatic nitrogens is 1. The van der Waals surface area contributed by atoms with E-state index < -0.39 is 33.9 Å². The lowest BCUT2D eigenvalue weighted by atomic mass is 10.0. The Morgan fingerprint density at radius 3 is 2.82 bits per heavy atom. The van der Waals surface area contributed by atoms with Crippen LogP contribution in [0, 0.1) is 10.1 Å². The molecule has 0 spiro atoms. The number of fused-ring (bicyclic) bond motifs is 1. The van der Waals surface area contributed by atoms with Gasteiger partial charge in [-0.25, -0.2) is 9.79 Å². The van der Waals surface area contributed by atoms with E-state index in [0.29, 0.717) is 16.3 Å². The summed E-state index contributed by atoms with van der Waals surface area (Å²) in [5, 5.41) is 21.3. The van der Waals surface area contributed by atoms with Crippen molar-refractivity contribution in [2.75, 3.05) is 13.7 Å². The van der Waals surface area contributed by atoms with Crippen LogP contribution in [0.5, 0.6) is 11.5 Å². The third-order valence-corrected chi connectivity index (χ3v) is 6.10. The van der Waals surface area contributed by atoms with Crippen molar-refractivity contribution >= 4 is 29.1 Å². The van der Waals surface area contributed by atoms with Crippen molar-refractivity contribution in [2.45, 2.75) is 19.9 Å². The average molecular weight is 485 g/mol. The lowest BCUT2D eigenvalue weighted by Crippen LogP contribution is -2.39. The molecule has 1 aliphatic heterocycles. The zero-order valence-corrected chi connectivity index (χ0v) is 19.1. The number of nitro groups is 1. The molecule has 3 aromatic rings. The van der Waals surface area contributed by atoms with Crippen molar-refractivity contribution in [3.63, 3.8) is 0 Å². The fourth-order valence-electron chi connectivity index (χ4n) is 3.65. The summed E-state index contributed by atoms with van der Waals surface area (Å²) in [4.78, 5) is 41.5. The summed E-state index contributed by atoms with van der Waals surface area (Å²) in [5.74, 6) is -0.981. The molecule has 3 heterocycles. The van der Waals surface area contributed by atoms with Gasteiger partial charge in [-0.15, -0.1) is 0 Å². The Morgan fingerprint density at radius 1 is 1.44 bits per heavy atom. The number of hydrogen-bond donors (Lipinski definition) is 1. The van der Waals surface area contributed by atoms with Gasteiger partial charge in [0.15, 0.2) is 10.6 Å².